The lowest BCUT2D eigenvalue weighted by Gasteiger charge is -2.10. The van der Waals surface area contributed by atoms with Crippen LogP contribution in [0.25, 0.3) is 10.8 Å². The van der Waals surface area contributed by atoms with Crippen molar-refractivity contribution in [3.63, 3.8) is 0 Å². The largest absolute Gasteiger partial charge is 0.471 e. The van der Waals surface area contributed by atoms with E-state index in [2.05, 4.69) is 5.32 Å². The minimum Gasteiger partial charge on any atom is -0.348 e. The topological polar surface area (TPSA) is 58.2 Å². The second-order valence-corrected chi connectivity index (χ2v) is 5.86. The van der Waals surface area contributed by atoms with E-state index in [1.54, 1.807) is 17.4 Å². The van der Waals surface area contributed by atoms with Gasteiger partial charge in [-0.15, -0.1) is 0 Å². The molecular formula is C20H15F3N2O2. The fourth-order valence-electron chi connectivity index (χ4n) is 2.61. The molecule has 0 spiro atoms. The normalized spacial score (nSPS) is 11.2. The number of halogens is 3. The third kappa shape index (κ3) is 4.44. The molecule has 0 aliphatic heterocycles. The molecule has 0 saturated heterocycles. The maximum atomic E-state index is 12.5. The highest BCUT2D eigenvalue weighted by atomic mass is 19.4. The summed E-state index contributed by atoms with van der Waals surface area (Å²) in [6.07, 6.45) is -4.94. The van der Waals surface area contributed by atoms with E-state index in [1.807, 2.05) is 30.3 Å². The van der Waals surface area contributed by atoms with Crippen LogP contribution in [0.5, 0.6) is 0 Å². The number of hydrogen-bond donors (Lipinski definition) is 2. The Balaban J connectivity index is 1.64. The van der Waals surface area contributed by atoms with E-state index in [0.29, 0.717) is 11.1 Å². The Morgan fingerprint density at radius 2 is 1.52 bits per heavy atom. The summed E-state index contributed by atoms with van der Waals surface area (Å²) in [5.74, 6) is -2.28. The molecule has 7 heteroatoms. The van der Waals surface area contributed by atoms with Gasteiger partial charge in [0.05, 0.1) is 0 Å². The van der Waals surface area contributed by atoms with E-state index in [-0.39, 0.29) is 18.1 Å². The number of carbonyl (C=O) groups is 2. The second kappa shape index (κ2) is 7.49. The molecule has 4 nitrogen and oxygen atoms in total. The minimum atomic E-state index is -4.94. The molecule has 0 aliphatic rings. The Kier molecular flexibility index (Phi) is 5.12. The number of benzene rings is 3. The summed E-state index contributed by atoms with van der Waals surface area (Å²) in [6.45, 7) is 0.204. The van der Waals surface area contributed by atoms with Gasteiger partial charge in [0.2, 0.25) is 0 Å². The van der Waals surface area contributed by atoms with Gasteiger partial charge < -0.3 is 10.6 Å². The van der Waals surface area contributed by atoms with Crippen LogP contribution in [0.2, 0.25) is 0 Å². The van der Waals surface area contributed by atoms with Crippen molar-refractivity contribution in [1.82, 2.24) is 5.32 Å². The van der Waals surface area contributed by atoms with Crippen molar-refractivity contribution in [2.24, 2.45) is 0 Å². The van der Waals surface area contributed by atoms with E-state index < -0.39 is 12.1 Å². The second-order valence-electron chi connectivity index (χ2n) is 5.86. The zero-order valence-corrected chi connectivity index (χ0v) is 14.0. The highest BCUT2D eigenvalue weighted by molar-refractivity contribution is 6.07. The minimum absolute atomic E-state index is 0.0291. The maximum absolute atomic E-state index is 12.5. The monoisotopic (exact) mass is 372 g/mol. The molecule has 0 unspecified atom stereocenters. The van der Waals surface area contributed by atoms with Gasteiger partial charge >= 0.3 is 12.1 Å². The summed E-state index contributed by atoms with van der Waals surface area (Å²) in [5, 5.41) is 6.34. The van der Waals surface area contributed by atoms with Crippen molar-refractivity contribution in [1.29, 1.82) is 0 Å². The Morgan fingerprint density at radius 1 is 0.852 bits per heavy atom. The summed E-state index contributed by atoms with van der Waals surface area (Å²) in [4.78, 5) is 23.4. The lowest BCUT2D eigenvalue weighted by Crippen LogP contribution is -2.29. The molecule has 0 aliphatic carbocycles. The smallest absolute Gasteiger partial charge is 0.348 e. The van der Waals surface area contributed by atoms with Crippen molar-refractivity contribution in [3.05, 3.63) is 77.9 Å². The molecule has 2 amide bonds. The van der Waals surface area contributed by atoms with Gasteiger partial charge in [0, 0.05) is 17.8 Å². The number of fused-ring (bicyclic) bond motifs is 1. The third-order valence-electron chi connectivity index (χ3n) is 3.96. The van der Waals surface area contributed by atoms with E-state index in [0.717, 1.165) is 10.8 Å². The highest BCUT2D eigenvalue weighted by Gasteiger charge is 2.38. The number of anilines is 1. The van der Waals surface area contributed by atoms with Crippen LogP contribution in [0.15, 0.2) is 66.7 Å². The van der Waals surface area contributed by atoms with Gasteiger partial charge in [-0.1, -0.05) is 48.5 Å². The predicted octanol–water partition coefficient (Wildman–Crippen LogP) is 4.27. The zero-order chi connectivity index (χ0) is 19.4. The Hall–Kier alpha value is -3.35. The first kappa shape index (κ1) is 18.4. The molecule has 0 fully saturated rings. The quantitative estimate of drug-likeness (QED) is 0.719. The lowest BCUT2D eigenvalue weighted by molar-refractivity contribution is -0.167. The van der Waals surface area contributed by atoms with Crippen molar-refractivity contribution in [3.8, 4) is 0 Å². The van der Waals surface area contributed by atoms with Crippen LogP contribution >= 0.6 is 0 Å². The highest BCUT2D eigenvalue weighted by Crippen LogP contribution is 2.20. The molecule has 3 aromatic carbocycles. The van der Waals surface area contributed by atoms with Gasteiger partial charge in [-0.2, -0.15) is 13.2 Å². The van der Waals surface area contributed by atoms with Crippen LogP contribution in [0.4, 0.5) is 18.9 Å². The number of carbonyl (C=O) groups excluding carboxylic acids is 2. The van der Waals surface area contributed by atoms with Crippen molar-refractivity contribution in [2.45, 2.75) is 12.7 Å². The summed E-state index contributed by atoms with van der Waals surface area (Å²) >= 11 is 0. The number of alkyl halides is 3. The zero-order valence-electron chi connectivity index (χ0n) is 14.0. The molecule has 0 bridgehead atoms. The average molecular weight is 372 g/mol. The molecular weight excluding hydrogens is 357 g/mol. The van der Waals surface area contributed by atoms with E-state index >= 15 is 0 Å². The molecule has 0 saturated carbocycles. The maximum Gasteiger partial charge on any atom is 0.471 e. The molecule has 0 radical (unpaired) electrons. The first-order chi connectivity index (χ1) is 12.8. The fourth-order valence-corrected chi connectivity index (χ4v) is 2.61. The van der Waals surface area contributed by atoms with E-state index in [1.165, 1.54) is 24.3 Å². The Labute approximate surface area is 153 Å². The summed E-state index contributed by atoms with van der Waals surface area (Å²) < 4.78 is 36.7. The standard InChI is InChI=1S/C20H15F3N2O2/c21-20(22,23)19(27)25-15-10-8-13(9-11-15)12-24-18(26)17-7-3-5-14-4-1-2-6-16(14)17/h1-11H,12H2,(H,24,26)(H,25,27). The van der Waals surface area contributed by atoms with Crippen LogP contribution in [-0.2, 0) is 11.3 Å². The number of amides is 2. The molecule has 3 aromatic rings. The number of rotatable bonds is 4. The first-order valence-corrected chi connectivity index (χ1v) is 8.08. The molecule has 0 atom stereocenters. The SMILES string of the molecule is O=C(NCc1ccc(NC(=O)C(F)(F)F)cc1)c1cccc2ccccc12. The van der Waals surface area contributed by atoms with Crippen LogP contribution in [0.1, 0.15) is 15.9 Å². The number of hydrogen-bond acceptors (Lipinski definition) is 2. The Morgan fingerprint density at radius 3 is 2.22 bits per heavy atom. The predicted molar refractivity (Wildman–Crippen MR) is 96.2 cm³/mol. The van der Waals surface area contributed by atoms with Gasteiger partial charge in [-0.05, 0) is 34.5 Å². The van der Waals surface area contributed by atoms with Gasteiger partial charge in [0.25, 0.3) is 5.91 Å². The third-order valence-corrected chi connectivity index (χ3v) is 3.96. The van der Waals surface area contributed by atoms with Crippen LogP contribution in [0.3, 0.4) is 0 Å². The van der Waals surface area contributed by atoms with Gasteiger partial charge in [0.15, 0.2) is 0 Å². The molecule has 0 aromatic heterocycles. The summed E-state index contributed by atoms with van der Waals surface area (Å²) in [7, 11) is 0. The fraction of sp³-hybridized carbons (Fsp3) is 0.100. The van der Waals surface area contributed by atoms with E-state index in [9.17, 15) is 22.8 Å². The van der Waals surface area contributed by atoms with Gasteiger partial charge in [-0.25, -0.2) is 0 Å². The molecule has 138 valence electrons. The van der Waals surface area contributed by atoms with Crippen molar-refractivity contribution in [2.75, 3.05) is 5.32 Å². The molecule has 3 rings (SSSR count). The van der Waals surface area contributed by atoms with E-state index in [4.69, 9.17) is 0 Å². The number of nitrogens with one attached hydrogen (secondary N) is 2. The van der Waals surface area contributed by atoms with Crippen LogP contribution < -0.4 is 10.6 Å². The lowest BCUT2D eigenvalue weighted by atomic mass is 10.0. The first-order valence-electron chi connectivity index (χ1n) is 8.08. The van der Waals surface area contributed by atoms with Crippen molar-refractivity contribution < 1.29 is 22.8 Å². The molecule has 2 N–H and O–H groups in total. The average Bonchev–Trinajstić information content (AvgIpc) is 2.66. The Bertz CT molecular complexity index is 977. The summed E-state index contributed by atoms with van der Waals surface area (Å²) in [6, 6.07) is 18.7. The molecule has 0 heterocycles. The van der Waals surface area contributed by atoms with Gasteiger partial charge in [-0.3, -0.25) is 9.59 Å². The van der Waals surface area contributed by atoms with Crippen LogP contribution in [-0.4, -0.2) is 18.0 Å². The van der Waals surface area contributed by atoms with Gasteiger partial charge in [0.1, 0.15) is 0 Å². The van der Waals surface area contributed by atoms with Crippen LogP contribution in [0, 0.1) is 0 Å². The summed E-state index contributed by atoms with van der Waals surface area (Å²) in [5.41, 5.74) is 1.26. The van der Waals surface area contributed by atoms with Crippen molar-refractivity contribution >= 4 is 28.3 Å². The molecule has 27 heavy (non-hydrogen) atoms.